The van der Waals surface area contributed by atoms with E-state index in [0.717, 1.165) is 49.8 Å². The molecule has 1 saturated carbocycles. The van der Waals surface area contributed by atoms with Crippen molar-refractivity contribution in [1.29, 1.82) is 0 Å². The number of hydrogen-bond acceptors (Lipinski definition) is 8. The Balaban J connectivity index is 1.54. The Morgan fingerprint density at radius 1 is 0.833 bits per heavy atom. The molecule has 1 saturated heterocycles. The zero-order chi connectivity index (χ0) is 20.8. The molecule has 1 aliphatic carbocycles. The van der Waals surface area contributed by atoms with E-state index in [0.29, 0.717) is 29.9 Å². The normalized spacial score (nSPS) is 18.6. The molecule has 2 heterocycles. The highest BCUT2D eigenvalue weighted by Crippen LogP contribution is 2.23. The number of nitrogens with zero attached hydrogens (tertiary/aromatic N) is 3. The smallest absolute Gasteiger partial charge is 0.233 e. The van der Waals surface area contributed by atoms with E-state index in [1.54, 1.807) is 6.07 Å². The van der Waals surface area contributed by atoms with Crippen molar-refractivity contribution in [3.05, 3.63) is 18.2 Å². The van der Waals surface area contributed by atoms with Crippen molar-refractivity contribution in [3.63, 3.8) is 0 Å². The van der Waals surface area contributed by atoms with Crippen LogP contribution in [0.25, 0.3) is 0 Å². The number of nitrogens with one attached hydrogen (secondary N) is 4. The van der Waals surface area contributed by atoms with Crippen LogP contribution in [0.2, 0.25) is 0 Å². The van der Waals surface area contributed by atoms with Crippen LogP contribution in [0.3, 0.4) is 0 Å². The molecule has 162 valence electrons. The van der Waals surface area contributed by atoms with Crippen LogP contribution in [-0.2, 0) is 0 Å². The fraction of sp³-hybridized carbons (Fsp3) is 0.571. The van der Waals surface area contributed by atoms with Gasteiger partial charge < -0.3 is 26.4 Å². The average molecular weight is 430 g/mol. The van der Waals surface area contributed by atoms with Crippen LogP contribution in [0, 0.1) is 0 Å². The lowest BCUT2D eigenvalue weighted by molar-refractivity contribution is 0.477. The minimum absolute atomic E-state index is 0.241. The molecule has 5 N–H and O–H groups in total. The number of benzene rings is 1. The molecular formula is C21H32N7OP. The molecule has 1 aliphatic heterocycles. The van der Waals surface area contributed by atoms with Gasteiger partial charge in [0.25, 0.3) is 0 Å². The standard InChI is InChI=1S/C21H32N7OP/c29-17-8-7-16(13-18(17)30)25-21-27-19(23-14-5-3-1-2-4-6-14)26-20(28-21)24-15-9-11-22-12-10-15/h7-8,13-15,22,29H,1-6,9-12,30H2,(H3,23,24,25,26,27,28). The quantitative estimate of drug-likeness (QED) is 0.271. The zero-order valence-electron chi connectivity index (χ0n) is 17.3. The molecule has 0 radical (unpaired) electrons. The summed E-state index contributed by atoms with van der Waals surface area (Å²) in [6, 6.07) is 6.08. The summed E-state index contributed by atoms with van der Waals surface area (Å²) in [6.07, 6.45) is 9.52. The van der Waals surface area contributed by atoms with E-state index in [-0.39, 0.29) is 5.75 Å². The molecule has 1 atom stereocenters. The van der Waals surface area contributed by atoms with Crippen molar-refractivity contribution < 1.29 is 5.11 Å². The molecule has 8 nitrogen and oxygen atoms in total. The zero-order valence-corrected chi connectivity index (χ0v) is 18.5. The van der Waals surface area contributed by atoms with Crippen LogP contribution in [0.15, 0.2) is 18.2 Å². The fourth-order valence-electron chi connectivity index (χ4n) is 4.08. The second-order valence-electron chi connectivity index (χ2n) is 8.21. The first kappa shape index (κ1) is 21.1. The van der Waals surface area contributed by atoms with Gasteiger partial charge in [0.15, 0.2) is 0 Å². The second-order valence-corrected chi connectivity index (χ2v) is 8.83. The number of phenolic OH excluding ortho intramolecular Hbond substituents is 1. The minimum atomic E-state index is 0.241. The average Bonchev–Trinajstić information content (AvgIpc) is 3.00. The van der Waals surface area contributed by atoms with E-state index >= 15 is 0 Å². The summed E-state index contributed by atoms with van der Waals surface area (Å²) in [5.41, 5.74) is 0.817. The highest BCUT2D eigenvalue weighted by Gasteiger charge is 2.18. The van der Waals surface area contributed by atoms with Gasteiger partial charge in [-0.3, -0.25) is 0 Å². The molecule has 0 spiro atoms. The van der Waals surface area contributed by atoms with Gasteiger partial charge in [0, 0.05) is 23.1 Å². The van der Waals surface area contributed by atoms with Crippen molar-refractivity contribution >= 4 is 38.1 Å². The van der Waals surface area contributed by atoms with Crippen molar-refractivity contribution in [2.75, 3.05) is 29.0 Å². The lowest BCUT2D eigenvalue weighted by Crippen LogP contribution is -2.36. The van der Waals surface area contributed by atoms with Gasteiger partial charge in [0.05, 0.1) is 0 Å². The lowest BCUT2D eigenvalue weighted by Gasteiger charge is -2.24. The summed E-state index contributed by atoms with van der Waals surface area (Å²) in [5.74, 6) is 1.94. The van der Waals surface area contributed by atoms with Crippen molar-refractivity contribution in [1.82, 2.24) is 20.3 Å². The molecule has 9 heteroatoms. The molecule has 1 unspecified atom stereocenters. The van der Waals surface area contributed by atoms with Crippen molar-refractivity contribution in [2.45, 2.75) is 63.5 Å². The Morgan fingerprint density at radius 2 is 1.43 bits per heavy atom. The Bertz CT molecular complexity index is 836. The van der Waals surface area contributed by atoms with Gasteiger partial charge in [-0.1, -0.05) is 25.7 Å². The molecule has 2 aromatic rings. The topological polar surface area (TPSA) is 107 Å². The van der Waals surface area contributed by atoms with Crippen LogP contribution in [0.4, 0.5) is 23.5 Å². The lowest BCUT2D eigenvalue weighted by atomic mass is 10.1. The number of aromatic hydroxyl groups is 1. The Kier molecular flexibility index (Phi) is 7.18. The Labute approximate surface area is 180 Å². The van der Waals surface area contributed by atoms with Crippen LogP contribution in [-0.4, -0.2) is 45.2 Å². The molecular weight excluding hydrogens is 397 g/mol. The van der Waals surface area contributed by atoms with Crippen LogP contribution in [0.5, 0.6) is 5.75 Å². The van der Waals surface area contributed by atoms with Gasteiger partial charge in [-0.2, -0.15) is 15.0 Å². The van der Waals surface area contributed by atoms with Crippen molar-refractivity contribution in [3.8, 4) is 5.75 Å². The molecule has 1 aromatic heterocycles. The van der Waals surface area contributed by atoms with Gasteiger partial charge in [0.1, 0.15) is 5.75 Å². The predicted octanol–water partition coefficient (Wildman–Crippen LogP) is 3.12. The van der Waals surface area contributed by atoms with Crippen LogP contribution in [0.1, 0.15) is 51.4 Å². The van der Waals surface area contributed by atoms with Crippen LogP contribution < -0.4 is 26.6 Å². The Morgan fingerprint density at radius 3 is 2.07 bits per heavy atom. The minimum Gasteiger partial charge on any atom is -0.507 e. The maximum absolute atomic E-state index is 9.77. The first-order chi connectivity index (χ1) is 14.7. The van der Waals surface area contributed by atoms with E-state index in [1.807, 2.05) is 12.1 Å². The fourth-order valence-corrected chi connectivity index (χ4v) is 4.35. The number of rotatable bonds is 6. The number of hydrogen-bond donors (Lipinski definition) is 5. The van der Waals surface area contributed by atoms with E-state index < -0.39 is 0 Å². The maximum Gasteiger partial charge on any atom is 0.233 e. The van der Waals surface area contributed by atoms with Gasteiger partial charge in [-0.15, -0.1) is 9.24 Å². The van der Waals surface area contributed by atoms with E-state index in [9.17, 15) is 5.11 Å². The molecule has 4 rings (SSSR count). The summed E-state index contributed by atoms with van der Waals surface area (Å²) in [7, 11) is 2.53. The van der Waals surface area contributed by atoms with Gasteiger partial charge in [-0.25, -0.2) is 0 Å². The number of phenols is 1. The summed E-state index contributed by atoms with van der Waals surface area (Å²) in [5, 5.41) is 24.2. The summed E-state index contributed by atoms with van der Waals surface area (Å²) < 4.78 is 0. The SMILES string of the molecule is Oc1ccc(Nc2nc(NC3CCCCCC3)nc(NC3CCNCC3)n2)cc1P. The van der Waals surface area contributed by atoms with Gasteiger partial charge in [0.2, 0.25) is 17.8 Å². The number of aromatic nitrogens is 3. The third-order valence-corrected chi connectivity index (χ3v) is 6.24. The van der Waals surface area contributed by atoms with Crippen LogP contribution >= 0.6 is 9.24 Å². The first-order valence-electron chi connectivity index (χ1n) is 11.0. The maximum atomic E-state index is 9.77. The van der Waals surface area contributed by atoms with Gasteiger partial charge in [-0.05, 0) is 57.0 Å². The third-order valence-electron chi connectivity index (χ3n) is 5.78. The first-order valence-corrected chi connectivity index (χ1v) is 11.6. The molecule has 0 bridgehead atoms. The number of piperidine rings is 1. The molecule has 0 amide bonds. The van der Waals surface area contributed by atoms with Crippen molar-refractivity contribution in [2.24, 2.45) is 0 Å². The molecule has 2 fully saturated rings. The third kappa shape index (κ3) is 5.92. The highest BCUT2D eigenvalue weighted by atomic mass is 31.0. The monoisotopic (exact) mass is 429 g/mol. The summed E-state index contributed by atoms with van der Waals surface area (Å²) in [6.45, 7) is 2.01. The van der Waals surface area contributed by atoms with Gasteiger partial charge >= 0.3 is 0 Å². The largest absolute Gasteiger partial charge is 0.507 e. The Hall–Kier alpha value is -2.18. The second kappa shape index (κ2) is 10.2. The predicted molar refractivity (Wildman–Crippen MR) is 125 cm³/mol. The number of anilines is 4. The molecule has 1 aromatic carbocycles. The molecule has 2 aliphatic rings. The van der Waals surface area contributed by atoms with E-state index in [1.165, 1.54) is 25.7 Å². The summed E-state index contributed by atoms with van der Waals surface area (Å²) in [4.78, 5) is 13.9. The summed E-state index contributed by atoms with van der Waals surface area (Å²) >= 11 is 0. The van der Waals surface area contributed by atoms with E-state index in [2.05, 4.69) is 45.5 Å². The molecule has 30 heavy (non-hydrogen) atoms. The van der Waals surface area contributed by atoms with E-state index in [4.69, 9.17) is 0 Å². The highest BCUT2D eigenvalue weighted by molar-refractivity contribution is 7.27.